The van der Waals surface area contributed by atoms with Gasteiger partial charge in [-0.3, -0.25) is 4.79 Å². The molecule has 5 aromatic carbocycles. The average Bonchev–Trinajstić information content (AvgIpc) is 3.21. The Bertz CT molecular complexity index is 2040. The van der Waals surface area contributed by atoms with Crippen LogP contribution in [0, 0.1) is 0 Å². The van der Waals surface area contributed by atoms with Gasteiger partial charge in [-0.15, -0.1) is 0 Å². The van der Waals surface area contributed by atoms with Crippen LogP contribution in [-0.4, -0.2) is 54.1 Å². The fraction of sp³-hybridized carbons (Fsp3) is 0.367. The Morgan fingerprint density at radius 1 is 0.607 bits per heavy atom. The molecule has 6 atom stereocenters. The quantitative estimate of drug-likeness (QED) is 0.0876. The number of fused-ring (bicyclic) bond motifs is 1. The van der Waals surface area contributed by atoms with Crippen molar-refractivity contribution >= 4 is 16.6 Å². The predicted octanol–water partition coefficient (Wildman–Crippen LogP) is 9.74. The van der Waals surface area contributed by atoms with Crippen LogP contribution < -0.4 is 0 Å². The highest BCUT2D eigenvalue weighted by Gasteiger charge is 2.56. The van der Waals surface area contributed by atoms with Crippen molar-refractivity contribution in [2.45, 2.75) is 102 Å². The zero-order valence-electron chi connectivity index (χ0n) is 32.8. The lowest BCUT2D eigenvalue weighted by Gasteiger charge is -2.54. The van der Waals surface area contributed by atoms with E-state index in [2.05, 4.69) is 80.6 Å². The Morgan fingerprint density at radius 2 is 1.16 bits per heavy atom. The lowest BCUT2D eigenvalue weighted by Crippen LogP contribution is -2.65. The number of ether oxygens (including phenoxy) is 6. The van der Waals surface area contributed by atoms with E-state index < -0.39 is 22.9 Å². The molecule has 0 saturated carbocycles. The summed E-state index contributed by atoms with van der Waals surface area (Å²) < 4.78 is 40.1. The van der Waals surface area contributed by atoms with Crippen LogP contribution in [0.25, 0.3) is 10.8 Å². The van der Waals surface area contributed by atoms with E-state index in [1.165, 1.54) is 10.8 Å². The second kappa shape index (κ2) is 18.2. The third-order valence-corrected chi connectivity index (χ3v) is 11.0. The molecule has 0 spiro atoms. The van der Waals surface area contributed by atoms with Gasteiger partial charge in [-0.25, -0.2) is 0 Å². The van der Waals surface area contributed by atoms with E-state index in [1.54, 1.807) is 6.08 Å². The summed E-state index contributed by atoms with van der Waals surface area (Å²) in [5, 5.41) is 2.35. The Labute approximate surface area is 331 Å². The molecule has 7 nitrogen and oxygen atoms in total. The van der Waals surface area contributed by atoms with Crippen LogP contribution in [0.1, 0.15) is 62.3 Å². The Kier molecular flexibility index (Phi) is 12.9. The molecule has 0 radical (unpaired) electrons. The first kappa shape index (κ1) is 39.8. The highest BCUT2D eigenvalue weighted by Crippen LogP contribution is 2.45. The molecule has 0 bridgehead atoms. The smallest absolute Gasteiger partial charge is 0.184 e. The summed E-state index contributed by atoms with van der Waals surface area (Å²) >= 11 is 0. The van der Waals surface area contributed by atoms with Crippen LogP contribution in [0.4, 0.5) is 0 Å². The van der Waals surface area contributed by atoms with Gasteiger partial charge in [0.15, 0.2) is 5.78 Å². The van der Waals surface area contributed by atoms with Crippen LogP contribution in [-0.2, 0) is 59.6 Å². The van der Waals surface area contributed by atoms with E-state index in [4.69, 9.17) is 28.4 Å². The molecule has 2 aliphatic heterocycles. The van der Waals surface area contributed by atoms with Crippen molar-refractivity contribution < 1.29 is 33.2 Å². The molecule has 2 aliphatic rings. The zero-order valence-corrected chi connectivity index (χ0v) is 32.8. The van der Waals surface area contributed by atoms with E-state index in [9.17, 15) is 4.79 Å². The number of hydrogen-bond acceptors (Lipinski definition) is 7. The van der Waals surface area contributed by atoms with Gasteiger partial charge in [0.25, 0.3) is 0 Å². The van der Waals surface area contributed by atoms with E-state index in [0.717, 1.165) is 22.3 Å². The van der Waals surface area contributed by atoms with Crippen molar-refractivity contribution in [1.29, 1.82) is 0 Å². The van der Waals surface area contributed by atoms with Gasteiger partial charge >= 0.3 is 0 Å². The van der Waals surface area contributed by atoms with Gasteiger partial charge in [-0.2, -0.15) is 0 Å². The lowest BCUT2D eigenvalue weighted by atomic mass is 9.76. The van der Waals surface area contributed by atoms with E-state index in [-0.39, 0.29) is 18.0 Å². The first-order chi connectivity index (χ1) is 27.2. The molecule has 56 heavy (non-hydrogen) atoms. The van der Waals surface area contributed by atoms with Crippen molar-refractivity contribution in [2.75, 3.05) is 13.2 Å². The van der Waals surface area contributed by atoms with E-state index in [1.807, 2.05) is 79.7 Å². The van der Waals surface area contributed by atoms with Crippen LogP contribution in [0.3, 0.4) is 0 Å². The fourth-order valence-corrected chi connectivity index (χ4v) is 8.10. The van der Waals surface area contributed by atoms with Crippen LogP contribution >= 0.6 is 0 Å². The van der Waals surface area contributed by atoms with Crippen LogP contribution in [0.5, 0.6) is 0 Å². The van der Waals surface area contributed by atoms with Crippen LogP contribution in [0.15, 0.2) is 146 Å². The topological polar surface area (TPSA) is 72.5 Å². The summed E-state index contributed by atoms with van der Waals surface area (Å²) in [6.07, 6.45) is 3.64. The van der Waals surface area contributed by atoms with Crippen molar-refractivity contribution in [3.05, 3.63) is 168 Å². The summed E-state index contributed by atoms with van der Waals surface area (Å²) in [6.45, 7) is 8.69. The summed E-state index contributed by atoms with van der Waals surface area (Å²) in [5.74, 6) is -0.0573. The van der Waals surface area contributed by atoms with E-state index >= 15 is 0 Å². The number of carbonyl (C=O) groups is 1. The minimum Gasteiger partial charge on any atom is -0.377 e. The monoisotopic (exact) mass is 754 g/mol. The molecule has 7 heteroatoms. The molecule has 0 amide bonds. The first-order valence-electron chi connectivity index (χ1n) is 19.8. The third-order valence-electron chi connectivity index (χ3n) is 11.0. The zero-order chi connectivity index (χ0) is 38.9. The van der Waals surface area contributed by atoms with Crippen molar-refractivity contribution in [3.63, 3.8) is 0 Å². The minimum absolute atomic E-state index is 0.0573. The maximum Gasteiger partial charge on any atom is 0.184 e. The highest BCUT2D eigenvalue weighted by atomic mass is 16.6. The minimum atomic E-state index is -0.859. The second-order valence-corrected chi connectivity index (χ2v) is 15.9. The van der Waals surface area contributed by atoms with Gasteiger partial charge in [0.2, 0.25) is 0 Å². The standard InChI is InChI=1S/C49H54O7/c1-47(27-25-43(50)44(55-47)26-28-51-31-37-15-7-4-8-16-37)35-48(2)45(54-34-40-23-24-41-21-13-14-22-42(41)29-40)30-46(53-33-39-19-11-6-12-20-39)49(3,56-48)36-52-32-38-17-9-5-10-18-38/h4-25,27,29,44-46H,26,28,30-36H2,1-3H3/t44-,45+,46-,47-,48-,49+/m0/s1. The highest BCUT2D eigenvalue weighted by molar-refractivity contribution is 5.94. The largest absolute Gasteiger partial charge is 0.377 e. The molecule has 0 aromatic heterocycles. The van der Waals surface area contributed by atoms with E-state index in [0.29, 0.717) is 58.9 Å². The summed E-state index contributed by atoms with van der Waals surface area (Å²) in [4.78, 5) is 13.1. The number of carbonyl (C=O) groups excluding carboxylic acids is 1. The van der Waals surface area contributed by atoms with Crippen LogP contribution in [0.2, 0.25) is 0 Å². The Hall–Kier alpha value is -4.47. The van der Waals surface area contributed by atoms with Crippen molar-refractivity contribution in [1.82, 2.24) is 0 Å². The Morgan fingerprint density at radius 3 is 1.82 bits per heavy atom. The molecule has 0 aliphatic carbocycles. The number of benzene rings is 5. The lowest BCUT2D eigenvalue weighted by molar-refractivity contribution is -0.305. The average molecular weight is 755 g/mol. The molecule has 2 heterocycles. The summed E-state index contributed by atoms with van der Waals surface area (Å²) in [7, 11) is 0. The molecule has 0 N–H and O–H groups in total. The molecule has 0 unspecified atom stereocenters. The maximum absolute atomic E-state index is 13.1. The maximum atomic E-state index is 13.1. The summed E-state index contributed by atoms with van der Waals surface area (Å²) in [5.41, 5.74) is 1.82. The molecule has 1 saturated heterocycles. The molecule has 7 rings (SSSR count). The Balaban J connectivity index is 1.12. The van der Waals surface area contributed by atoms with Gasteiger partial charge in [0.05, 0.1) is 56.4 Å². The van der Waals surface area contributed by atoms with Gasteiger partial charge in [0, 0.05) is 25.9 Å². The van der Waals surface area contributed by atoms with Gasteiger partial charge in [-0.1, -0.05) is 127 Å². The third kappa shape index (κ3) is 10.3. The van der Waals surface area contributed by atoms with Crippen molar-refractivity contribution in [2.24, 2.45) is 0 Å². The van der Waals surface area contributed by atoms with Gasteiger partial charge < -0.3 is 28.4 Å². The molecule has 1 fully saturated rings. The predicted molar refractivity (Wildman–Crippen MR) is 219 cm³/mol. The number of ketones is 1. The number of hydrogen-bond donors (Lipinski definition) is 0. The normalized spacial score (nSPS) is 26.4. The molecular formula is C49H54O7. The van der Waals surface area contributed by atoms with Crippen molar-refractivity contribution in [3.8, 4) is 0 Å². The van der Waals surface area contributed by atoms with Gasteiger partial charge in [-0.05, 0) is 72.0 Å². The second-order valence-electron chi connectivity index (χ2n) is 15.9. The summed E-state index contributed by atoms with van der Waals surface area (Å²) in [6, 6.07) is 45.2. The molecule has 292 valence electrons. The SMILES string of the molecule is C[C@@]1(C[C@]2(C)O[C@](C)(COCc3ccccc3)[C@@H](OCc3ccccc3)C[C@H]2OCc2ccc3ccccc3c2)C=CC(=O)[C@H](CCOCc2ccccc2)O1. The fourth-order valence-electron chi connectivity index (χ4n) is 8.10. The number of rotatable bonds is 17. The van der Waals surface area contributed by atoms with Gasteiger partial charge in [0.1, 0.15) is 11.7 Å². The molecule has 5 aromatic rings. The molecular weight excluding hydrogens is 701 g/mol. The first-order valence-corrected chi connectivity index (χ1v) is 19.8.